The molecule has 0 atom stereocenters. The lowest BCUT2D eigenvalue weighted by molar-refractivity contribution is -0.384. The van der Waals surface area contributed by atoms with Crippen LogP contribution < -0.4 is 10.1 Å². The standard InChI is InChI=1S/C16H11F3N4O4/c17-16(18,19)26-13-7-2-1-6-12(13)20-9-14-21-15(22-27-14)10-4-3-5-11(8-10)23(24)25/h1-8,20H,9H2. The summed E-state index contributed by atoms with van der Waals surface area (Å²) in [6.45, 7) is -0.0693. The molecule has 0 aliphatic carbocycles. The quantitative estimate of drug-likeness (QED) is 0.506. The van der Waals surface area contributed by atoms with Crippen molar-refractivity contribution in [3.8, 4) is 17.1 Å². The van der Waals surface area contributed by atoms with E-state index in [0.29, 0.717) is 5.56 Å². The van der Waals surface area contributed by atoms with Crippen molar-refractivity contribution in [1.82, 2.24) is 10.1 Å². The van der Waals surface area contributed by atoms with Crippen molar-refractivity contribution in [2.75, 3.05) is 5.32 Å². The van der Waals surface area contributed by atoms with E-state index in [2.05, 4.69) is 20.2 Å². The zero-order valence-corrected chi connectivity index (χ0v) is 13.4. The number of hydrogen-bond donors (Lipinski definition) is 1. The third-order valence-electron chi connectivity index (χ3n) is 3.33. The van der Waals surface area contributed by atoms with Gasteiger partial charge in [0.25, 0.3) is 5.69 Å². The van der Waals surface area contributed by atoms with Crippen molar-refractivity contribution >= 4 is 11.4 Å². The molecule has 0 bridgehead atoms. The lowest BCUT2D eigenvalue weighted by atomic mass is 10.2. The topological polar surface area (TPSA) is 103 Å². The highest BCUT2D eigenvalue weighted by molar-refractivity contribution is 5.59. The van der Waals surface area contributed by atoms with Gasteiger partial charge in [0.2, 0.25) is 11.7 Å². The van der Waals surface area contributed by atoms with Crippen LogP contribution in [0.5, 0.6) is 5.75 Å². The summed E-state index contributed by atoms with van der Waals surface area (Å²) in [6, 6.07) is 11.2. The number of rotatable bonds is 6. The summed E-state index contributed by atoms with van der Waals surface area (Å²) >= 11 is 0. The molecule has 1 heterocycles. The van der Waals surface area contributed by atoms with Crippen LogP contribution in [0.4, 0.5) is 24.5 Å². The average molecular weight is 380 g/mol. The second-order valence-corrected chi connectivity index (χ2v) is 5.22. The van der Waals surface area contributed by atoms with Gasteiger partial charge in [0.1, 0.15) is 0 Å². The maximum Gasteiger partial charge on any atom is 0.573 e. The van der Waals surface area contributed by atoms with Crippen molar-refractivity contribution < 1.29 is 27.4 Å². The van der Waals surface area contributed by atoms with E-state index in [1.54, 1.807) is 6.07 Å². The summed E-state index contributed by atoms with van der Waals surface area (Å²) in [6.07, 6.45) is -4.82. The molecule has 3 aromatic rings. The largest absolute Gasteiger partial charge is 0.573 e. The van der Waals surface area contributed by atoms with Gasteiger partial charge in [0.05, 0.1) is 17.2 Å². The Bertz CT molecular complexity index is 959. The molecule has 0 aliphatic heterocycles. The molecule has 0 unspecified atom stereocenters. The van der Waals surface area contributed by atoms with E-state index in [1.807, 2.05) is 0 Å². The highest BCUT2D eigenvalue weighted by Gasteiger charge is 2.32. The number of anilines is 1. The Hall–Kier alpha value is -3.63. The van der Waals surface area contributed by atoms with Crippen LogP contribution in [0.3, 0.4) is 0 Å². The minimum absolute atomic E-state index is 0.0693. The summed E-state index contributed by atoms with van der Waals surface area (Å²) in [5.74, 6) is -0.197. The minimum Gasteiger partial charge on any atom is -0.404 e. The van der Waals surface area contributed by atoms with Gasteiger partial charge in [0, 0.05) is 17.7 Å². The van der Waals surface area contributed by atoms with Crippen molar-refractivity contribution in [2.24, 2.45) is 0 Å². The van der Waals surface area contributed by atoms with E-state index in [4.69, 9.17) is 4.52 Å². The average Bonchev–Trinajstić information content (AvgIpc) is 3.09. The maximum absolute atomic E-state index is 12.4. The van der Waals surface area contributed by atoms with E-state index in [-0.39, 0.29) is 29.6 Å². The van der Waals surface area contributed by atoms with E-state index >= 15 is 0 Å². The molecule has 0 spiro atoms. The van der Waals surface area contributed by atoms with Crippen LogP contribution in [-0.2, 0) is 6.54 Å². The third kappa shape index (κ3) is 4.71. The van der Waals surface area contributed by atoms with Crippen LogP contribution in [-0.4, -0.2) is 21.4 Å². The molecular weight excluding hydrogens is 369 g/mol. The van der Waals surface area contributed by atoms with Gasteiger partial charge in [-0.1, -0.05) is 29.4 Å². The van der Waals surface area contributed by atoms with Gasteiger partial charge in [-0.15, -0.1) is 13.2 Å². The first-order chi connectivity index (χ1) is 12.8. The van der Waals surface area contributed by atoms with Crippen LogP contribution in [0.15, 0.2) is 53.1 Å². The third-order valence-corrected chi connectivity index (χ3v) is 3.33. The van der Waals surface area contributed by atoms with E-state index in [0.717, 1.165) is 6.07 Å². The number of ether oxygens (including phenoxy) is 1. The Morgan fingerprint density at radius 3 is 2.70 bits per heavy atom. The zero-order valence-electron chi connectivity index (χ0n) is 13.4. The number of halogens is 3. The number of nitrogens with zero attached hydrogens (tertiary/aromatic N) is 3. The molecule has 0 saturated carbocycles. The summed E-state index contributed by atoms with van der Waals surface area (Å²) in [5.41, 5.74) is 0.333. The van der Waals surface area contributed by atoms with Crippen LogP contribution >= 0.6 is 0 Å². The van der Waals surface area contributed by atoms with Gasteiger partial charge in [-0.25, -0.2) is 0 Å². The fraction of sp³-hybridized carbons (Fsp3) is 0.125. The summed E-state index contributed by atoms with van der Waals surface area (Å²) < 4.78 is 46.2. The zero-order chi connectivity index (χ0) is 19.4. The molecule has 0 saturated heterocycles. The number of para-hydroxylation sites is 2. The molecule has 0 amide bonds. The second kappa shape index (κ2) is 7.32. The van der Waals surface area contributed by atoms with Crippen molar-refractivity contribution in [2.45, 2.75) is 12.9 Å². The molecule has 2 aromatic carbocycles. The Morgan fingerprint density at radius 2 is 1.96 bits per heavy atom. The maximum atomic E-state index is 12.4. The van der Waals surface area contributed by atoms with Gasteiger partial charge in [-0.2, -0.15) is 4.98 Å². The first-order valence-corrected chi connectivity index (χ1v) is 7.48. The Balaban J connectivity index is 1.72. The molecule has 0 aliphatic rings. The van der Waals surface area contributed by atoms with E-state index in [9.17, 15) is 23.3 Å². The highest BCUT2D eigenvalue weighted by Crippen LogP contribution is 2.30. The first-order valence-electron chi connectivity index (χ1n) is 7.48. The number of nitro groups is 1. The highest BCUT2D eigenvalue weighted by atomic mass is 19.4. The van der Waals surface area contributed by atoms with Gasteiger partial charge < -0.3 is 14.6 Å². The Morgan fingerprint density at radius 1 is 1.19 bits per heavy atom. The smallest absolute Gasteiger partial charge is 0.404 e. The molecule has 140 valence electrons. The number of non-ortho nitro benzene ring substituents is 1. The molecule has 8 nitrogen and oxygen atoms in total. The number of aromatic nitrogens is 2. The molecular formula is C16H11F3N4O4. The molecule has 0 fully saturated rings. The Labute approximate surface area is 149 Å². The van der Waals surface area contributed by atoms with Gasteiger partial charge in [-0.05, 0) is 12.1 Å². The fourth-order valence-electron chi connectivity index (χ4n) is 2.20. The van der Waals surface area contributed by atoms with Gasteiger partial charge >= 0.3 is 6.36 Å². The predicted octanol–water partition coefficient (Wildman–Crippen LogP) is 4.16. The molecule has 27 heavy (non-hydrogen) atoms. The number of nitro benzene ring substituents is 1. The van der Waals surface area contributed by atoms with Crippen LogP contribution in [0.2, 0.25) is 0 Å². The van der Waals surface area contributed by atoms with Crippen molar-refractivity contribution in [3.05, 3.63) is 64.5 Å². The lowest BCUT2D eigenvalue weighted by Crippen LogP contribution is -2.18. The summed E-state index contributed by atoms with van der Waals surface area (Å²) in [4.78, 5) is 14.3. The van der Waals surface area contributed by atoms with Crippen molar-refractivity contribution in [3.63, 3.8) is 0 Å². The fourth-order valence-corrected chi connectivity index (χ4v) is 2.20. The van der Waals surface area contributed by atoms with E-state index < -0.39 is 17.0 Å². The monoisotopic (exact) mass is 380 g/mol. The number of benzene rings is 2. The van der Waals surface area contributed by atoms with E-state index in [1.165, 1.54) is 36.4 Å². The Kier molecular flexibility index (Phi) is 4.92. The second-order valence-electron chi connectivity index (χ2n) is 5.22. The van der Waals surface area contributed by atoms with Crippen LogP contribution in [0, 0.1) is 10.1 Å². The number of alkyl halides is 3. The SMILES string of the molecule is O=[N+]([O-])c1cccc(-c2noc(CNc3ccccc3OC(F)(F)F)n2)c1. The molecule has 1 N–H and O–H groups in total. The first kappa shape index (κ1) is 18.2. The molecule has 3 rings (SSSR count). The number of hydrogen-bond acceptors (Lipinski definition) is 7. The minimum atomic E-state index is -4.82. The predicted molar refractivity (Wildman–Crippen MR) is 86.8 cm³/mol. The summed E-state index contributed by atoms with van der Waals surface area (Å²) in [7, 11) is 0. The lowest BCUT2D eigenvalue weighted by Gasteiger charge is -2.13. The van der Waals surface area contributed by atoms with Gasteiger partial charge in [0.15, 0.2) is 5.75 Å². The number of nitrogens with one attached hydrogen (secondary N) is 1. The normalized spacial score (nSPS) is 11.2. The van der Waals surface area contributed by atoms with Crippen LogP contribution in [0.25, 0.3) is 11.4 Å². The molecule has 1 aromatic heterocycles. The van der Waals surface area contributed by atoms with Crippen molar-refractivity contribution in [1.29, 1.82) is 0 Å². The molecule has 11 heteroatoms. The summed E-state index contributed by atoms with van der Waals surface area (Å²) in [5, 5.41) is 17.3. The van der Waals surface area contributed by atoms with Gasteiger partial charge in [-0.3, -0.25) is 10.1 Å². The van der Waals surface area contributed by atoms with Crippen LogP contribution in [0.1, 0.15) is 5.89 Å². The molecule has 0 radical (unpaired) electrons.